The van der Waals surface area contributed by atoms with Crippen LogP contribution in [0.5, 0.6) is 0 Å². The van der Waals surface area contributed by atoms with Crippen LogP contribution in [-0.4, -0.2) is 42.3 Å². The summed E-state index contributed by atoms with van der Waals surface area (Å²) >= 11 is 0. The molecule has 2 aromatic carbocycles. The Morgan fingerprint density at radius 3 is 2.17 bits per heavy atom. The summed E-state index contributed by atoms with van der Waals surface area (Å²) in [5, 5.41) is 5.84. The number of rotatable bonds is 8. The molecule has 30 heavy (non-hydrogen) atoms. The van der Waals surface area contributed by atoms with E-state index in [1.165, 1.54) is 0 Å². The average molecular weight is 408 g/mol. The average Bonchev–Trinajstić information content (AvgIpc) is 2.81. The zero-order valence-electron chi connectivity index (χ0n) is 17.2. The quantitative estimate of drug-likeness (QED) is 0.661. The van der Waals surface area contributed by atoms with Crippen molar-refractivity contribution in [3.05, 3.63) is 71.8 Å². The maximum Gasteiger partial charge on any atom is 0.251 e. The number of carbonyl (C=O) groups excluding carboxylic acids is 3. The molecule has 1 fully saturated rings. The van der Waals surface area contributed by atoms with Gasteiger partial charge in [0, 0.05) is 44.1 Å². The number of benzene rings is 2. The van der Waals surface area contributed by atoms with Crippen molar-refractivity contribution in [3.8, 4) is 0 Å². The minimum absolute atomic E-state index is 0.0390. The van der Waals surface area contributed by atoms with E-state index >= 15 is 0 Å². The summed E-state index contributed by atoms with van der Waals surface area (Å²) < 4.78 is 0. The number of carbonyl (C=O) groups is 3. The Morgan fingerprint density at radius 2 is 1.50 bits per heavy atom. The van der Waals surface area contributed by atoms with Crippen LogP contribution < -0.4 is 10.6 Å². The highest BCUT2D eigenvalue weighted by atomic mass is 16.2. The summed E-state index contributed by atoms with van der Waals surface area (Å²) in [6.07, 6.45) is 2.39. The molecule has 6 heteroatoms. The molecule has 0 saturated carbocycles. The van der Waals surface area contributed by atoms with Crippen LogP contribution >= 0.6 is 0 Å². The van der Waals surface area contributed by atoms with E-state index < -0.39 is 0 Å². The Labute approximate surface area is 177 Å². The van der Waals surface area contributed by atoms with Gasteiger partial charge in [0.2, 0.25) is 11.8 Å². The first kappa shape index (κ1) is 21.6. The highest BCUT2D eigenvalue weighted by Gasteiger charge is 2.26. The molecular weight excluding hydrogens is 378 g/mol. The highest BCUT2D eigenvalue weighted by Crippen LogP contribution is 2.18. The van der Waals surface area contributed by atoms with Crippen molar-refractivity contribution in [2.24, 2.45) is 5.92 Å². The van der Waals surface area contributed by atoms with Gasteiger partial charge in [0.1, 0.15) is 0 Å². The van der Waals surface area contributed by atoms with Crippen molar-refractivity contribution in [1.82, 2.24) is 15.5 Å². The van der Waals surface area contributed by atoms with Crippen LogP contribution in [0.4, 0.5) is 0 Å². The summed E-state index contributed by atoms with van der Waals surface area (Å²) in [6, 6.07) is 18.9. The van der Waals surface area contributed by atoms with Gasteiger partial charge in [0.15, 0.2) is 0 Å². The van der Waals surface area contributed by atoms with E-state index in [0.29, 0.717) is 57.4 Å². The fourth-order valence-corrected chi connectivity index (χ4v) is 3.61. The number of nitrogens with zero attached hydrogens (tertiary/aromatic N) is 1. The van der Waals surface area contributed by atoms with E-state index in [2.05, 4.69) is 10.6 Å². The molecule has 0 aliphatic carbocycles. The van der Waals surface area contributed by atoms with E-state index in [4.69, 9.17) is 0 Å². The van der Waals surface area contributed by atoms with Gasteiger partial charge in [0.25, 0.3) is 5.91 Å². The molecule has 1 aliphatic rings. The Morgan fingerprint density at radius 1 is 0.867 bits per heavy atom. The Balaban J connectivity index is 1.31. The van der Waals surface area contributed by atoms with Crippen LogP contribution in [0.25, 0.3) is 0 Å². The molecule has 0 bridgehead atoms. The van der Waals surface area contributed by atoms with E-state index in [-0.39, 0.29) is 23.6 Å². The molecule has 1 saturated heterocycles. The molecule has 3 amide bonds. The van der Waals surface area contributed by atoms with Crippen LogP contribution in [0.3, 0.4) is 0 Å². The van der Waals surface area contributed by atoms with Gasteiger partial charge in [-0.2, -0.15) is 0 Å². The van der Waals surface area contributed by atoms with E-state index in [1.807, 2.05) is 53.4 Å². The second-order valence-electron chi connectivity index (χ2n) is 7.58. The maximum atomic E-state index is 12.4. The lowest BCUT2D eigenvalue weighted by atomic mass is 9.95. The zero-order chi connectivity index (χ0) is 21.2. The van der Waals surface area contributed by atoms with Gasteiger partial charge in [-0.05, 0) is 37.0 Å². The van der Waals surface area contributed by atoms with Crippen molar-refractivity contribution in [3.63, 3.8) is 0 Å². The van der Waals surface area contributed by atoms with E-state index in [9.17, 15) is 14.4 Å². The minimum atomic E-state index is -0.120. The van der Waals surface area contributed by atoms with Gasteiger partial charge >= 0.3 is 0 Å². The molecular formula is C24H29N3O3. The molecule has 158 valence electrons. The SMILES string of the molecule is O=C(NCCCC(=O)N1CCC(C(=O)NCc2ccccc2)CC1)c1ccccc1. The molecule has 0 spiro atoms. The standard InChI is InChI=1S/C24H29N3O3/c28-22(12-7-15-25-23(29)20-10-5-2-6-11-20)27-16-13-21(14-17-27)24(30)26-18-19-8-3-1-4-9-19/h1-6,8-11,21H,7,12-18H2,(H,25,29)(H,26,30). The van der Waals surface area contributed by atoms with Crippen LogP contribution in [0.1, 0.15) is 41.6 Å². The fourth-order valence-electron chi connectivity index (χ4n) is 3.61. The molecule has 0 atom stereocenters. The zero-order valence-corrected chi connectivity index (χ0v) is 17.2. The second-order valence-corrected chi connectivity index (χ2v) is 7.58. The van der Waals surface area contributed by atoms with Gasteiger partial charge in [-0.15, -0.1) is 0 Å². The first-order valence-electron chi connectivity index (χ1n) is 10.6. The first-order chi connectivity index (χ1) is 14.6. The Kier molecular flexibility index (Phi) is 8.01. The minimum Gasteiger partial charge on any atom is -0.352 e. The number of piperidine rings is 1. The predicted molar refractivity (Wildman–Crippen MR) is 116 cm³/mol. The third-order valence-electron chi connectivity index (χ3n) is 5.42. The molecule has 2 N–H and O–H groups in total. The van der Waals surface area contributed by atoms with Crippen molar-refractivity contribution < 1.29 is 14.4 Å². The van der Waals surface area contributed by atoms with Gasteiger partial charge in [0.05, 0.1) is 0 Å². The lowest BCUT2D eigenvalue weighted by molar-refractivity contribution is -0.135. The predicted octanol–water partition coefficient (Wildman–Crippen LogP) is 2.75. The maximum absolute atomic E-state index is 12.4. The summed E-state index contributed by atoms with van der Waals surface area (Å²) in [4.78, 5) is 38.6. The lowest BCUT2D eigenvalue weighted by Gasteiger charge is -2.31. The van der Waals surface area contributed by atoms with Crippen molar-refractivity contribution in [2.75, 3.05) is 19.6 Å². The molecule has 0 unspecified atom stereocenters. The summed E-state index contributed by atoms with van der Waals surface area (Å²) in [5.74, 6) is -0.00465. The fraction of sp³-hybridized carbons (Fsp3) is 0.375. The van der Waals surface area contributed by atoms with Gasteiger partial charge < -0.3 is 15.5 Å². The second kappa shape index (κ2) is 11.1. The first-order valence-corrected chi connectivity index (χ1v) is 10.6. The number of hydrogen-bond acceptors (Lipinski definition) is 3. The van der Waals surface area contributed by atoms with Crippen LogP contribution in [0, 0.1) is 5.92 Å². The number of amides is 3. The Bertz CT molecular complexity index is 831. The third-order valence-corrected chi connectivity index (χ3v) is 5.42. The van der Waals surface area contributed by atoms with Crippen LogP contribution in [-0.2, 0) is 16.1 Å². The van der Waals surface area contributed by atoms with Gasteiger partial charge in [-0.25, -0.2) is 0 Å². The number of nitrogens with one attached hydrogen (secondary N) is 2. The summed E-state index contributed by atoms with van der Waals surface area (Å²) in [5.41, 5.74) is 1.70. The largest absolute Gasteiger partial charge is 0.352 e. The monoisotopic (exact) mass is 407 g/mol. The van der Waals surface area contributed by atoms with Crippen molar-refractivity contribution in [1.29, 1.82) is 0 Å². The van der Waals surface area contributed by atoms with Crippen LogP contribution in [0.2, 0.25) is 0 Å². The topological polar surface area (TPSA) is 78.5 Å². The third kappa shape index (κ3) is 6.44. The normalized spacial score (nSPS) is 14.2. The van der Waals surface area contributed by atoms with E-state index in [1.54, 1.807) is 12.1 Å². The molecule has 3 rings (SSSR count). The smallest absolute Gasteiger partial charge is 0.251 e. The van der Waals surface area contributed by atoms with Crippen molar-refractivity contribution >= 4 is 17.7 Å². The molecule has 2 aromatic rings. The number of hydrogen-bond donors (Lipinski definition) is 2. The molecule has 1 aliphatic heterocycles. The van der Waals surface area contributed by atoms with Gasteiger partial charge in [-0.1, -0.05) is 48.5 Å². The Hall–Kier alpha value is -3.15. The van der Waals surface area contributed by atoms with Gasteiger partial charge in [-0.3, -0.25) is 14.4 Å². The molecule has 0 radical (unpaired) electrons. The van der Waals surface area contributed by atoms with E-state index in [0.717, 1.165) is 5.56 Å². The molecule has 6 nitrogen and oxygen atoms in total. The summed E-state index contributed by atoms with van der Waals surface area (Å²) in [6.45, 7) is 2.22. The molecule has 1 heterocycles. The van der Waals surface area contributed by atoms with Crippen LogP contribution in [0.15, 0.2) is 60.7 Å². The number of likely N-dealkylation sites (tertiary alicyclic amines) is 1. The van der Waals surface area contributed by atoms with Crippen molar-refractivity contribution in [2.45, 2.75) is 32.2 Å². The highest BCUT2D eigenvalue weighted by molar-refractivity contribution is 5.94. The molecule has 0 aromatic heterocycles. The lowest BCUT2D eigenvalue weighted by Crippen LogP contribution is -2.43. The summed E-state index contributed by atoms with van der Waals surface area (Å²) in [7, 11) is 0.